The van der Waals surface area contributed by atoms with Gasteiger partial charge < -0.3 is 10.3 Å². The van der Waals surface area contributed by atoms with Gasteiger partial charge in [0.05, 0.1) is 16.3 Å². The van der Waals surface area contributed by atoms with E-state index >= 15 is 0 Å². The molecule has 4 nitrogen and oxygen atoms in total. The van der Waals surface area contributed by atoms with Crippen LogP contribution in [0.15, 0.2) is 16.7 Å². The average Bonchev–Trinajstić information content (AvgIpc) is 2.72. The second-order valence-electron chi connectivity index (χ2n) is 3.96. The van der Waals surface area contributed by atoms with E-state index in [1.54, 1.807) is 12.1 Å². The smallest absolute Gasteiger partial charge is 0.260 e. The van der Waals surface area contributed by atoms with Crippen LogP contribution in [0.2, 0.25) is 10.0 Å². The van der Waals surface area contributed by atoms with Gasteiger partial charge in [0.15, 0.2) is 5.82 Å². The van der Waals surface area contributed by atoms with Gasteiger partial charge in [0.1, 0.15) is 0 Å². The standard InChI is InChI=1S/C11H11Cl2N3O/c1-5(2)10-15-11(17-16-10)7-3-6(12)4-8(13)9(7)14/h3-5H,14H2,1-2H3. The van der Waals surface area contributed by atoms with Gasteiger partial charge >= 0.3 is 0 Å². The van der Waals surface area contributed by atoms with Crippen LogP contribution in [0.1, 0.15) is 25.6 Å². The van der Waals surface area contributed by atoms with Crippen LogP contribution in [0.5, 0.6) is 0 Å². The van der Waals surface area contributed by atoms with Crippen molar-refractivity contribution in [3.8, 4) is 11.5 Å². The maximum atomic E-state index is 5.94. The molecule has 0 aliphatic rings. The average molecular weight is 272 g/mol. The number of hydrogen-bond donors (Lipinski definition) is 1. The van der Waals surface area contributed by atoms with Crippen molar-refractivity contribution in [3.63, 3.8) is 0 Å². The van der Waals surface area contributed by atoms with Crippen molar-refractivity contribution in [2.45, 2.75) is 19.8 Å². The first kappa shape index (κ1) is 12.2. The number of hydrogen-bond acceptors (Lipinski definition) is 4. The van der Waals surface area contributed by atoms with Crippen LogP contribution < -0.4 is 5.73 Å². The largest absolute Gasteiger partial charge is 0.397 e. The summed E-state index contributed by atoms with van der Waals surface area (Å²) < 4.78 is 5.14. The van der Waals surface area contributed by atoms with Gasteiger partial charge in [-0.25, -0.2) is 0 Å². The van der Waals surface area contributed by atoms with Crippen LogP contribution in [0.4, 0.5) is 5.69 Å². The fourth-order valence-corrected chi connectivity index (χ4v) is 1.83. The monoisotopic (exact) mass is 271 g/mol. The summed E-state index contributed by atoms with van der Waals surface area (Å²) in [5.41, 5.74) is 6.79. The van der Waals surface area contributed by atoms with Crippen LogP contribution in [0.25, 0.3) is 11.5 Å². The highest BCUT2D eigenvalue weighted by Crippen LogP contribution is 2.34. The molecule has 0 atom stereocenters. The zero-order valence-corrected chi connectivity index (χ0v) is 10.9. The van der Waals surface area contributed by atoms with Crippen molar-refractivity contribution in [2.24, 2.45) is 0 Å². The van der Waals surface area contributed by atoms with Gasteiger partial charge in [-0.15, -0.1) is 0 Å². The lowest BCUT2D eigenvalue weighted by Crippen LogP contribution is -1.93. The van der Waals surface area contributed by atoms with E-state index in [2.05, 4.69) is 10.1 Å². The summed E-state index contributed by atoms with van der Waals surface area (Å²) in [6, 6.07) is 3.22. The van der Waals surface area contributed by atoms with E-state index in [1.807, 2.05) is 13.8 Å². The molecule has 0 amide bonds. The molecule has 0 radical (unpaired) electrons. The zero-order valence-electron chi connectivity index (χ0n) is 9.37. The molecule has 1 aromatic heterocycles. The Morgan fingerprint density at radius 3 is 2.59 bits per heavy atom. The second-order valence-corrected chi connectivity index (χ2v) is 4.80. The summed E-state index contributed by atoms with van der Waals surface area (Å²) in [5.74, 6) is 1.13. The Bertz CT molecular complexity index is 552. The number of anilines is 1. The van der Waals surface area contributed by atoms with Crippen LogP contribution in [-0.4, -0.2) is 10.1 Å². The number of benzene rings is 1. The molecule has 2 aromatic rings. The fourth-order valence-electron chi connectivity index (χ4n) is 1.34. The molecule has 0 spiro atoms. The minimum atomic E-state index is 0.184. The van der Waals surface area contributed by atoms with Gasteiger partial charge in [0, 0.05) is 10.9 Å². The fraction of sp³-hybridized carbons (Fsp3) is 0.273. The minimum Gasteiger partial charge on any atom is -0.397 e. The molecule has 0 saturated heterocycles. The molecule has 1 aromatic carbocycles. The van der Waals surface area contributed by atoms with Crippen molar-refractivity contribution in [1.82, 2.24) is 10.1 Å². The second kappa shape index (κ2) is 4.55. The van der Waals surface area contributed by atoms with Gasteiger partial charge in [0.2, 0.25) is 0 Å². The van der Waals surface area contributed by atoms with Crippen LogP contribution in [-0.2, 0) is 0 Å². The first-order chi connectivity index (χ1) is 7.99. The summed E-state index contributed by atoms with van der Waals surface area (Å²) in [4.78, 5) is 4.25. The third-order valence-electron chi connectivity index (χ3n) is 2.28. The Morgan fingerprint density at radius 2 is 2.00 bits per heavy atom. The quantitative estimate of drug-likeness (QED) is 0.845. The van der Waals surface area contributed by atoms with Gasteiger partial charge in [-0.2, -0.15) is 4.98 Å². The van der Waals surface area contributed by atoms with Crippen molar-refractivity contribution in [1.29, 1.82) is 0 Å². The lowest BCUT2D eigenvalue weighted by molar-refractivity contribution is 0.419. The van der Waals surface area contributed by atoms with Gasteiger partial charge in [-0.1, -0.05) is 42.2 Å². The van der Waals surface area contributed by atoms with Gasteiger partial charge in [0.25, 0.3) is 5.89 Å². The molecule has 0 unspecified atom stereocenters. The Hall–Kier alpha value is -1.26. The van der Waals surface area contributed by atoms with Crippen molar-refractivity contribution < 1.29 is 4.52 Å². The van der Waals surface area contributed by atoms with Crippen LogP contribution in [0.3, 0.4) is 0 Å². The highest BCUT2D eigenvalue weighted by molar-refractivity contribution is 6.37. The first-order valence-electron chi connectivity index (χ1n) is 5.07. The molecule has 0 saturated carbocycles. The Labute approximate surface area is 109 Å². The maximum absolute atomic E-state index is 5.94. The molecule has 2 N–H and O–H groups in total. The zero-order chi connectivity index (χ0) is 12.6. The molecule has 0 aliphatic heterocycles. The van der Waals surface area contributed by atoms with Crippen LogP contribution >= 0.6 is 23.2 Å². The highest BCUT2D eigenvalue weighted by atomic mass is 35.5. The Morgan fingerprint density at radius 1 is 1.29 bits per heavy atom. The normalized spacial score (nSPS) is 11.1. The molecular formula is C11H11Cl2N3O. The molecule has 1 heterocycles. The SMILES string of the molecule is CC(C)c1noc(-c2cc(Cl)cc(Cl)c2N)n1. The van der Waals surface area contributed by atoms with E-state index < -0.39 is 0 Å². The number of halogens is 2. The number of nitrogens with two attached hydrogens (primary N) is 1. The number of rotatable bonds is 2. The van der Waals surface area contributed by atoms with Gasteiger partial charge in [-0.3, -0.25) is 0 Å². The van der Waals surface area contributed by atoms with E-state index in [1.165, 1.54) is 0 Å². The molecular weight excluding hydrogens is 261 g/mol. The highest BCUT2D eigenvalue weighted by Gasteiger charge is 2.16. The molecule has 0 aliphatic carbocycles. The van der Waals surface area contributed by atoms with E-state index in [4.69, 9.17) is 33.5 Å². The Balaban J connectivity index is 2.52. The number of nitrogen functional groups attached to an aromatic ring is 1. The van der Waals surface area contributed by atoms with Crippen molar-refractivity contribution >= 4 is 28.9 Å². The van der Waals surface area contributed by atoms with E-state index in [-0.39, 0.29) is 5.92 Å². The summed E-state index contributed by atoms with van der Waals surface area (Å²) in [5, 5.41) is 4.71. The predicted octanol–water partition coefficient (Wildman–Crippen LogP) is 3.75. The maximum Gasteiger partial charge on any atom is 0.260 e. The lowest BCUT2D eigenvalue weighted by atomic mass is 10.1. The number of aromatic nitrogens is 2. The summed E-state index contributed by atoms with van der Waals surface area (Å²) >= 11 is 11.9. The molecule has 6 heteroatoms. The molecule has 90 valence electrons. The topological polar surface area (TPSA) is 64.9 Å². The predicted molar refractivity (Wildman–Crippen MR) is 68.3 cm³/mol. The lowest BCUT2D eigenvalue weighted by Gasteiger charge is -2.03. The van der Waals surface area contributed by atoms with Gasteiger partial charge in [-0.05, 0) is 12.1 Å². The van der Waals surface area contributed by atoms with E-state index in [0.29, 0.717) is 33.0 Å². The third kappa shape index (κ3) is 2.37. The van der Waals surface area contributed by atoms with Crippen molar-refractivity contribution in [2.75, 3.05) is 5.73 Å². The van der Waals surface area contributed by atoms with E-state index in [0.717, 1.165) is 0 Å². The summed E-state index contributed by atoms with van der Waals surface area (Å²) in [6.07, 6.45) is 0. The van der Waals surface area contributed by atoms with Crippen molar-refractivity contribution in [3.05, 3.63) is 28.0 Å². The minimum absolute atomic E-state index is 0.184. The van der Waals surface area contributed by atoms with Crippen LogP contribution in [0, 0.1) is 0 Å². The molecule has 0 bridgehead atoms. The molecule has 17 heavy (non-hydrogen) atoms. The third-order valence-corrected chi connectivity index (χ3v) is 2.81. The molecule has 2 rings (SSSR count). The van der Waals surface area contributed by atoms with E-state index in [9.17, 15) is 0 Å². The summed E-state index contributed by atoms with van der Waals surface area (Å²) in [7, 11) is 0. The first-order valence-corrected chi connectivity index (χ1v) is 5.83. The molecule has 0 fully saturated rings. The number of nitrogens with zero attached hydrogens (tertiary/aromatic N) is 2. The summed E-state index contributed by atoms with van der Waals surface area (Å²) in [6.45, 7) is 3.95. The Kier molecular flexibility index (Phi) is 3.26.